The number of hydrogen-bond donors (Lipinski definition) is 1. The Hall–Kier alpha value is -2.61. The van der Waals surface area contributed by atoms with Gasteiger partial charge in [-0.05, 0) is 12.5 Å². The van der Waals surface area contributed by atoms with Crippen LogP contribution in [-0.2, 0) is 0 Å². The van der Waals surface area contributed by atoms with Gasteiger partial charge in [0.2, 0.25) is 0 Å². The van der Waals surface area contributed by atoms with Crippen molar-refractivity contribution >= 4 is 5.82 Å². The van der Waals surface area contributed by atoms with E-state index in [4.69, 9.17) is 10.00 Å². The minimum absolute atomic E-state index is 0.127. The van der Waals surface area contributed by atoms with E-state index in [1.807, 2.05) is 25.1 Å². The first-order valence-electron chi connectivity index (χ1n) is 6.49. The molecule has 100 valence electrons. The first kappa shape index (κ1) is 12.4. The Bertz CT molecular complexity index is 678. The second-order valence-electron chi connectivity index (χ2n) is 4.73. The molecule has 0 unspecified atom stereocenters. The molecule has 0 saturated carbocycles. The van der Waals surface area contributed by atoms with Crippen LogP contribution in [0.1, 0.15) is 29.3 Å². The van der Waals surface area contributed by atoms with Crippen molar-refractivity contribution < 1.29 is 4.74 Å². The largest absolute Gasteiger partial charge is 0.493 e. The lowest BCUT2D eigenvalue weighted by atomic mass is 9.98. The zero-order valence-corrected chi connectivity index (χ0v) is 11.1. The lowest BCUT2D eigenvalue weighted by Gasteiger charge is -2.28. The van der Waals surface area contributed by atoms with Gasteiger partial charge >= 0.3 is 0 Å². The van der Waals surface area contributed by atoms with Crippen molar-refractivity contribution in [1.82, 2.24) is 9.97 Å². The van der Waals surface area contributed by atoms with Crippen molar-refractivity contribution in [2.75, 3.05) is 11.9 Å². The Morgan fingerprint density at radius 3 is 3.15 bits per heavy atom. The lowest BCUT2D eigenvalue weighted by molar-refractivity contribution is 0.272. The van der Waals surface area contributed by atoms with Gasteiger partial charge in [0.25, 0.3) is 0 Å². The molecule has 1 aliphatic heterocycles. The molecule has 0 saturated heterocycles. The summed E-state index contributed by atoms with van der Waals surface area (Å²) in [6.07, 6.45) is 3.94. The quantitative estimate of drug-likeness (QED) is 0.904. The number of hydrogen-bond acceptors (Lipinski definition) is 5. The highest BCUT2D eigenvalue weighted by atomic mass is 16.5. The van der Waals surface area contributed by atoms with Gasteiger partial charge in [-0.25, -0.2) is 4.98 Å². The maximum Gasteiger partial charge on any atom is 0.161 e. The molecule has 0 spiro atoms. The average Bonchev–Trinajstić information content (AvgIpc) is 2.49. The molecule has 5 heteroatoms. The highest BCUT2D eigenvalue weighted by molar-refractivity contribution is 5.48. The zero-order chi connectivity index (χ0) is 13.9. The summed E-state index contributed by atoms with van der Waals surface area (Å²) >= 11 is 0. The van der Waals surface area contributed by atoms with Gasteiger partial charge in [0.1, 0.15) is 17.6 Å². The molecule has 1 aliphatic rings. The molecule has 0 aliphatic carbocycles. The van der Waals surface area contributed by atoms with Gasteiger partial charge in [-0.15, -0.1) is 0 Å². The van der Waals surface area contributed by atoms with Crippen LogP contribution in [0.5, 0.6) is 5.75 Å². The molecule has 0 bridgehead atoms. The van der Waals surface area contributed by atoms with Gasteiger partial charge in [0.05, 0.1) is 25.0 Å². The van der Waals surface area contributed by atoms with Crippen molar-refractivity contribution in [2.45, 2.75) is 19.4 Å². The third kappa shape index (κ3) is 2.28. The Morgan fingerprint density at radius 2 is 2.30 bits per heavy atom. The van der Waals surface area contributed by atoms with Gasteiger partial charge in [-0.2, -0.15) is 5.26 Å². The van der Waals surface area contributed by atoms with Crippen LogP contribution in [-0.4, -0.2) is 16.6 Å². The summed E-state index contributed by atoms with van der Waals surface area (Å²) in [5, 5.41) is 12.2. The van der Waals surface area contributed by atoms with E-state index < -0.39 is 0 Å². The van der Waals surface area contributed by atoms with Gasteiger partial charge in [-0.3, -0.25) is 4.98 Å². The Morgan fingerprint density at radius 1 is 1.40 bits per heavy atom. The van der Waals surface area contributed by atoms with Crippen LogP contribution >= 0.6 is 0 Å². The third-order valence-corrected chi connectivity index (χ3v) is 3.34. The van der Waals surface area contributed by atoms with Crippen molar-refractivity contribution in [2.24, 2.45) is 0 Å². The molecule has 2 heterocycles. The predicted octanol–water partition coefficient (Wildman–Crippen LogP) is 2.59. The number of aryl methyl sites for hydroxylation is 1. The van der Waals surface area contributed by atoms with E-state index in [-0.39, 0.29) is 6.04 Å². The molecule has 1 aromatic heterocycles. The molecule has 1 N–H and O–H groups in total. The van der Waals surface area contributed by atoms with E-state index in [1.54, 1.807) is 6.20 Å². The monoisotopic (exact) mass is 266 g/mol. The van der Waals surface area contributed by atoms with E-state index in [0.717, 1.165) is 23.3 Å². The molecule has 5 nitrogen and oxygen atoms in total. The number of nitrogens with zero attached hydrogens (tertiary/aromatic N) is 3. The van der Waals surface area contributed by atoms with E-state index in [9.17, 15) is 0 Å². The summed E-state index contributed by atoms with van der Waals surface area (Å²) in [5.74, 6) is 1.56. The molecule has 1 atom stereocenters. The van der Waals surface area contributed by atoms with Gasteiger partial charge in [0.15, 0.2) is 5.69 Å². The van der Waals surface area contributed by atoms with Crippen LogP contribution in [0, 0.1) is 18.3 Å². The standard InChI is InChI=1S/C15H14N4O/c1-10-3-2-4-12-13(5-6-20-15(10)12)19-14-9-17-8-11(7-16)18-14/h2-4,8-9,13H,5-6H2,1H3,(H,18,19)/t13-/m1/s1. The highest BCUT2D eigenvalue weighted by Gasteiger charge is 2.22. The van der Waals surface area contributed by atoms with Crippen LogP contribution in [0.25, 0.3) is 0 Å². The van der Waals surface area contributed by atoms with Crippen molar-refractivity contribution in [3.8, 4) is 11.8 Å². The number of nitriles is 1. The van der Waals surface area contributed by atoms with E-state index in [0.29, 0.717) is 18.1 Å². The van der Waals surface area contributed by atoms with Crippen LogP contribution in [0.3, 0.4) is 0 Å². The van der Waals surface area contributed by atoms with Gasteiger partial charge in [0, 0.05) is 12.0 Å². The minimum atomic E-state index is 0.127. The van der Waals surface area contributed by atoms with E-state index >= 15 is 0 Å². The molecular weight excluding hydrogens is 252 g/mol. The fourth-order valence-corrected chi connectivity index (χ4v) is 2.40. The number of fused-ring (bicyclic) bond motifs is 1. The SMILES string of the molecule is Cc1cccc2c1OCC[C@H]2Nc1cncc(C#N)n1. The maximum absolute atomic E-state index is 8.86. The lowest BCUT2D eigenvalue weighted by Crippen LogP contribution is -2.21. The van der Waals surface area contributed by atoms with Crippen LogP contribution < -0.4 is 10.1 Å². The number of anilines is 1. The number of benzene rings is 1. The Labute approximate surface area is 117 Å². The second kappa shape index (κ2) is 5.17. The molecular formula is C15H14N4O. The third-order valence-electron chi connectivity index (χ3n) is 3.34. The average molecular weight is 266 g/mol. The first-order chi connectivity index (χ1) is 9.78. The zero-order valence-electron chi connectivity index (χ0n) is 11.1. The number of nitrogens with one attached hydrogen (secondary N) is 1. The number of rotatable bonds is 2. The Kier molecular flexibility index (Phi) is 3.21. The molecule has 0 radical (unpaired) electrons. The van der Waals surface area contributed by atoms with Crippen LogP contribution in [0.4, 0.5) is 5.82 Å². The van der Waals surface area contributed by atoms with Crippen molar-refractivity contribution in [1.29, 1.82) is 5.26 Å². The highest BCUT2D eigenvalue weighted by Crippen LogP contribution is 2.36. The van der Waals surface area contributed by atoms with Gasteiger partial charge in [-0.1, -0.05) is 18.2 Å². The fraction of sp³-hybridized carbons (Fsp3) is 0.267. The van der Waals surface area contributed by atoms with Gasteiger partial charge < -0.3 is 10.1 Å². The number of aromatic nitrogens is 2. The second-order valence-corrected chi connectivity index (χ2v) is 4.73. The maximum atomic E-state index is 8.86. The smallest absolute Gasteiger partial charge is 0.161 e. The summed E-state index contributed by atoms with van der Waals surface area (Å²) in [5.41, 5.74) is 2.57. The normalized spacial score (nSPS) is 16.7. The van der Waals surface area contributed by atoms with Crippen molar-refractivity contribution in [3.63, 3.8) is 0 Å². The molecule has 0 amide bonds. The van der Waals surface area contributed by atoms with E-state index in [2.05, 4.69) is 21.4 Å². The minimum Gasteiger partial charge on any atom is -0.493 e. The van der Waals surface area contributed by atoms with E-state index in [1.165, 1.54) is 6.20 Å². The van der Waals surface area contributed by atoms with Crippen molar-refractivity contribution in [3.05, 3.63) is 47.4 Å². The Balaban J connectivity index is 1.90. The number of ether oxygens (including phenoxy) is 1. The number of para-hydroxylation sites is 1. The molecule has 3 rings (SSSR count). The molecule has 20 heavy (non-hydrogen) atoms. The molecule has 2 aromatic rings. The van der Waals surface area contributed by atoms with Crippen LogP contribution in [0.2, 0.25) is 0 Å². The summed E-state index contributed by atoms with van der Waals surface area (Å²) in [7, 11) is 0. The first-order valence-corrected chi connectivity index (χ1v) is 6.49. The topological polar surface area (TPSA) is 70.8 Å². The summed E-state index contributed by atoms with van der Waals surface area (Å²) in [4.78, 5) is 8.22. The summed E-state index contributed by atoms with van der Waals surface area (Å²) in [6, 6.07) is 8.24. The molecule has 0 fully saturated rings. The predicted molar refractivity (Wildman–Crippen MR) is 74.4 cm³/mol. The molecule has 1 aromatic carbocycles. The summed E-state index contributed by atoms with van der Waals surface area (Å²) < 4.78 is 5.74. The summed E-state index contributed by atoms with van der Waals surface area (Å²) in [6.45, 7) is 2.71. The van der Waals surface area contributed by atoms with Crippen LogP contribution in [0.15, 0.2) is 30.6 Å². The fourth-order valence-electron chi connectivity index (χ4n) is 2.40.